The maximum Gasteiger partial charge on any atom is 0.173 e. The monoisotopic (exact) mass is 340 g/mol. The van der Waals surface area contributed by atoms with Crippen LogP contribution in [0, 0.1) is 5.82 Å². The van der Waals surface area contributed by atoms with Crippen LogP contribution >= 0.6 is 23.8 Å². The fourth-order valence-corrected chi connectivity index (χ4v) is 2.29. The molecule has 1 heterocycles. The summed E-state index contributed by atoms with van der Waals surface area (Å²) in [4.78, 5) is 0. The number of halogens is 2. The highest BCUT2D eigenvalue weighted by Gasteiger charge is 2.10. The van der Waals surface area contributed by atoms with E-state index in [-0.39, 0.29) is 5.82 Å². The predicted octanol–water partition coefficient (Wildman–Crippen LogP) is 3.81. The summed E-state index contributed by atoms with van der Waals surface area (Å²) in [7, 11) is 0. The van der Waals surface area contributed by atoms with Gasteiger partial charge in [0.2, 0.25) is 0 Å². The van der Waals surface area contributed by atoms with Gasteiger partial charge in [0.05, 0.1) is 6.54 Å². The molecule has 1 aromatic carbocycles. The van der Waals surface area contributed by atoms with E-state index in [2.05, 4.69) is 22.7 Å². The molecule has 2 aromatic rings. The highest BCUT2D eigenvalue weighted by molar-refractivity contribution is 7.80. The molecule has 0 bridgehead atoms. The van der Waals surface area contributed by atoms with Gasteiger partial charge in [-0.25, -0.2) is 4.39 Å². The van der Waals surface area contributed by atoms with Crippen LogP contribution in [0.2, 0.25) is 5.02 Å². The van der Waals surface area contributed by atoms with E-state index in [1.807, 2.05) is 0 Å². The predicted molar refractivity (Wildman–Crippen MR) is 91.9 cm³/mol. The van der Waals surface area contributed by atoms with Crippen LogP contribution in [0.25, 0.3) is 0 Å². The molecule has 2 N–H and O–H groups in total. The van der Waals surface area contributed by atoms with Crippen molar-refractivity contribution in [3.63, 3.8) is 0 Å². The Morgan fingerprint density at radius 3 is 2.91 bits per heavy atom. The Labute approximate surface area is 139 Å². The first-order valence-corrected chi connectivity index (χ1v) is 7.90. The van der Waals surface area contributed by atoms with Gasteiger partial charge in [-0.2, -0.15) is 5.10 Å². The van der Waals surface area contributed by atoms with Gasteiger partial charge in [-0.3, -0.25) is 4.68 Å². The zero-order valence-electron chi connectivity index (χ0n) is 12.3. The lowest BCUT2D eigenvalue weighted by Gasteiger charge is -2.08. The zero-order valence-corrected chi connectivity index (χ0v) is 13.8. The van der Waals surface area contributed by atoms with Gasteiger partial charge >= 0.3 is 0 Å². The van der Waals surface area contributed by atoms with E-state index in [9.17, 15) is 4.39 Å². The second-order valence-electron chi connectivity index (χ2n) is 4.85. The van der Waals surface area contributed by atoms with E-state index in [1.54, 1.807) is 29.1 Å². The molecule has 22 heavy (non-hydrogen) atoms. The molecule has 0 radical (unpaired) electrons. The average molecular weight is 341 g/mol. The molecule has 1 aromatic heterocycles. The van der Waals surface area contributed by atoms with Crippen LogP contribution in [-0.4, -0.2) is 21.4 Å². The molecule has 4 nitrogen and oxygen atoms in total. The van der Waals surface area contributed by atoms with Gasteiger partial charge in [-0.1, -0.05) is 43.1 Å². The van der Waals surface area contributed by atoms with E-state index >= 15 is 0 Å². The summed E-state index contributed by atoms with van der Waals surface area (Å²) >= 11 is 11.3. The number of nitrogens with zero attached hydrogens (tertiary/aromatic N) is 2. The smallest absolute Gasteiger partial charge is 0.173 e. The van der Waals surface area contributed by atoms with Crippen LogP contribution in [0.5, 0.6) is 0 Å². The van der Waals surface area contributed by atoms with Crippen molar-refractivity contribution in [2.45, 2.75) is 26.3 Å². The Morgan fingerprint density at radius 1 is 1.41 bits per heavy atom. The Kier molecular flexibility index (Phi) is 6.15. The summed E-state index contributed by atoms with van der Waals surface area (Å²) in [5, 5.41) is 11.2. The number of unbranched alkanes of at least 4 members (excludes halogenated alkanes) is 1. The third-order valence-electron chi connectivity index (χ3n) is 3.06. The second-order valence-corrected chi connectivity index (χ2v) is 5.66. The minimum Gasteiger partial charge on any atom is -0.362 e. The Bertz CT molecular complexity index is 644. The average Bonchev–Trinajstić information content (AvgIpc) is 2.81. The molecular weight excluding hydrogens is 323 g/mol. The van der Waals surface area contributed by atoms with Gasteiger partial charge in [-0.15, -0.1) is 0 Å². The number of hydrogen-bond donors (Lipinski definition) is 2. The van der Waals surface area contributed by atoms with Crippen molar-refractivity contribution in [2.24, 2.45) is 0 Å². The minimum atomic E-state index is -0.264. The number of rotatable bonds is 6. The van der Waals surface area contributed by atoms with Crippen molar-refractivity contribution in [1.29, 1.82) is 0 Å². The first kappa shape index (κ1) is 16.7. The van der Waals surface area contributed by atoms with E-state index in [1.165, 1.54) is 6.07 Å². The molecular formula is C15H18ClFN4S. The topological polar surface area (TPSA) is 41.9 Å². The van der Waals surface area contributed by atoms with Crippen LogP contribution in [-0.2, 0) is 6.54 Å². The van der Waals surface area contributed by atoms with Crippen molar-refractivity contribution in [1.82, 2.24) is 15.1 Å². The van der Waals surface area contributed by atoms with E-state index in [0.29, 0.717) is 28.1 Å². The van der Waals surface area contributed by atoms with E-state index < -0.39 is 0 Å². The molecule has 0 aliphatic carbocycles. The van der Waals surface area contributed by atoms with Crippen molar-refractivity contribution >= 4 is 34.7 Å². The maximum atomic E-state index is 13.6. The van der Waals surface area contributed by atoms with Crippen LogP contribution in [0.4, 0.5) is 10.2 Å². The third-order valence-corrected chi connectivity index (χ3v) is 3.58. The molecule has 0 unspecified atom stereocenters. The number of nitrogens with one attached hydrogen (secondary N) is 2. The number of hydrogen-bond acceptors (Lipinski definition) is 2. The normalized spacial score (nSPS) is 10.5. The lowest BCUT2D eigenvalue weighted by Crippen LogP contribution is -2.29. The minimum absolute atomic E-state index is 0.264. The first-order valence-electron chi connectivity index (χ1n) is 7.11. The molecule has 118 valence electrons. The van der Waals surface area contributed by atoms with E-state index in [4.69, 9.17) is 23.8 Å². The first-order chi connectivity index (χ1) is 10.6. The van der Waals surface area contributed by atoms with Crippen LogP contribution in [0.3, 0.4) is 0 Å². The molecule has 0 fully saturated rings. The Hall–Kier alpha value is -1.66. The van der Waals surface area contributed by atoms with Crippen LogP contribution in [0.1, 0.15) is 25.3 Å². The standard InChI is InChI=1S/C15H18ClFN4S/c1-2-3-8-18-15(22)19-14-12(16)10-21(20-14)9-11-6-4-5-7-13(11)17/h4-7,10H,2-3,8-9H2,1H3,(H2,18,19,20,22). The molecule has 7 heteroatoms. The van der Waals surface area contributed by atoms with Crippen molar-refractivity contribution in [2.75, 3.05) is 11.9 Å². The lowest BCUT2D eigenvalue weighted by molar-refractivity contribution is 0.586. The molecule has 2 rings (SSSR count). The largest absolute Gasteiger partial charge is 0.362 e. The van der Waals surface area contributed by atoms with Gasteiger partial charge < -0.3 is 10.6 Å². The zero-order chi connectivity index (χ0) is 15.9. The molecule has 0 aliphatic rings. The Balaban J connectivity index is 1.99. The summed E-state index contributed by atoms with van der Waals surface area (Å²) in [6.07, 6.45) is 3.77. The number of thiocarbonyl (C=S) groups is 1. The molecule has 0 spiro atoms. The van der Waals surface area contributed by atoms with Crippen LogP contribution < -0.4 is 10.6 Å². The third kappa shape index (κ3) is 4.68. The summed E-state index contributed by atoms with van der Waals surface area (Å²) in [5.41, 5.74) is 0.553. The molecule has 0 atom stereocenters. The highest BCUT2D eigenvalue weighted by Crippen LogP contribution is 2.20. The molecule has 0 amide bonds. The highest BCUT2D eigenvalue weighted by atomic mass is 35.5. The maximum absolute atomic E-state index is 13.6. The molecule has 0 aliphatic heterocycles. The SMILES string of the molecule is CCCCNC(=S)Nc1nn(Cc2ccccc2F)cc1Cl. The van der Waals surface area contributed by atoms with Gasteiger partial charge in [-0.05, 0) is 24.7 Å². The number of benzene rings is 1. The van der Waals surface area contributed by atoms with E-state index in [0.717, 1.165) is 19.4 Å². The number of anilines is 1. The number of aromatic nitrogens is 2. The van der Waals surface area contributed by atoms with Crippen molar-refractivity contribution < 1.29 is 4.39 Å². The Morgan fingerprint density at radius 2 is 2.18 bits per heavy atom. The van der Waals surface area contributed by atoms with Gasteiger partial charge in [0.25, 0.3) is 0 Å². The van der Waals surface area contributed by atoms with Gasteiger partial charge in [0.15, 0.2) is 10.9 Å². The summed E-state index contributed by atoms with van der Waals surface area (Å²) in [6, 6.07) is 6.58. The summed E-state index contributed by atoms with van der Waals surface area (Å²) in [6.45, 7) is 3.22. The second kappa shape index (κ2) is 8.10. The van der Waals surface area contributed by atoms with Crippen molar-refractivity contribution in [3.05, 3.63) is 46.9 Å². The molecule has 0 saturated heterocycles. The summed E-state index contributed by atoms with van der Waals surface area (Å²) < 4.78 is 15.2. The van der Waals surface area contributed by atoms with Gasteiger partial charge in [0.1, 0.15) is 10.8 Å². The summed E-state index contributed by atoms with van der Waals surface area (Å²) in [5.74, 6) is 0.201. The lowest BCUT2D eigenvalue weighted by atomic mass is 10.2. The van der Waals surface area contributed by atoms with Crippen LogP contribution in [0.15, 0.2) is 30.5 Å². The quantitative estimate of drug-likeness (QED) is 0.620. The molecule has 0 saturated carbocycles. The fourth-order valence-electron chi connectivity index (χ4n) is 1.89. The van der Waals surface area contributed by atoms with Gasteiger partial charge in [0, 0.05) is 18.3 Å². The fraction of sp³-hybridized carbons (Fsp3) is 0.333. The van der Waals surface area contributed by atoms with Crippen molar-refractivity contribution in [3.8, 4) is 0 Å².